The first-order chi connectivity index (χ1) is 10.1. The molecule has 0 spiro atoms. The van der Waals surface area contributed by atoms with Crippen molar-refractivity contribution in [3.63, 3.8) is 0 Å². The summed E-state index contributed by atoms with van der Waals surface area (Å²) in [6.07, 6.45) is 0. The number of para-hydroxylation sites is 1. The van der Waals surface area contributed by atoms with Gasteiger partial charge in [-0.25, -0.2) is 4.39 Å². The number of nitrogens with zero attached hydrogens (tertiary/aromatic N) is 4. The van der Waals surface area contributed by atoms with Crippen LogP contribution in [0.5, 0.6) is 0 Å². The van der Waals surface area contributed by atoms with Crippen LogP contribution in [0.3, 0.4) is 0 Å². The van der Waals surface area contributed by atoms with Crippen LogP contribution in [0.2, 0.25) is 0 Å². The van der Waals surface area contributed by atoms with E-state index in [0.717, 1.165) is 36.3 Å². The molecule has 0 saturated carbocycles. The van der Waals surface area contributed by atoms with Crippen LogP contribution < -0.4 is 9.80 Å². The van der Waals surface area contributed by atoms with Crippen LogP contribution in [-0.4, -0.2) is 36.4 Å². The summed E-state index contributed by atoms with van der Waals surface area (Å²) in [6.45, 7) is 7.55. The maximum absolute atomic E-state index is 13.8. The van der Waals surface area contributed by atoms with E-state index in [1.165, 1.54) is 6.07 Å². The number of rotatable bonds is 3. The lowest BCUT2D eigenvalue weighted by molar-refractivity contribution is 0.597. The summed E-state index contributed by atoms with van der Waals surface area (Å²) in [4.78, 5) is 4.33. The largest absolute Gasteiger partial charge is 0.366 e. The summed E-state index contributed by atoms with van der Waals surface area (Å²) in [5, 5.41) is 10.6. The van der Waals surface area contributed by atoms with E-state index >= 15 is 0 Å². The molecule has 0 bridgehead atoms. The highest BCUT2D eigenvalue weighted by Crippen LogP contribution is 2.27. The monoisotopic (exact) mass is 306 g/mol. The first-order valence-corrected chi connectivity index (χ1v) is 8.04. The first kappa shape index (κ1) is 14.3. The zero-order chi connectivity index (χ0) is 14.8. The first-order valence-electron chi connectivity index (χ1n) is 7.23. The quantitative estimate of drug-likeness (QED) is 0.872. The maximum atomic E-state index is 13.8. The predicted octanol–water partition coefficient (Wildman–Crippen LogP) is 3.13. The normalized spacial score (nSPS) is 15.8. The van der Waals surface area contributed by atoms with Gasteiger partial charge in [0.1, 0.15) is 10.8 Å². The molecule has 21 heavy (non-hydrogen) atoms. The molecule has 1 saturated heterocycles. The van der Waals surface area contributed by atoms with Crippen molar-refractivity contribution in [2.45, 2.75) is 19.8 Å². The summed E-state index contributed by atoms with van der Waals surface area (Å²) in [5.74, 6) is 0.264. The number of benzene rings is 1. The Hall–Kier alpha value is -1.69. The van der Waals surface area contributed by atoms with Crippen LogP contribution in [-0.2, 0) is 0 Å². The Bertz CT molecular complexity index is 605. The fraction of sp³-hybridized carbons (Fsp3) is 0.467. The highest BCUT2D eigenvalue weighted by atomic mass is 32.1. The molecule has 2 aromatic rings. The lowest BCUT2D eigenvalue weighted by Crippen LogP contribution is -2.46. The Morgan fingerprint density at radius 2 is 1.71 bits per heavy atom. The van der Waals surface area contributed by atoms with Crippen LogP contribution in [0.25, 0.3) is 0 Å². The topological polar surface area (TPSA) is 32.3 Å². The number of halogens is 1. The molecule has 1 fully saturated rings. The fourth-order valence-corrected chi connectivity index (χ4v) is 3.33. The smallest absolute Gasteiger partial charge is 0.208 e. The summed E-state index contributed by atoms with van der Waals surface area (Å²) in [7, 11) is 0. The molecule has 1 aliphatic heterocycles. The lowest BCUT2D eigenvalue weighted by Gasteiger charge is -2.35. The van der Waals surface area contributed by atoms with Crippen LogP contribution in [0.4, 0.5) is 15.2 Å². The summed E-state index contributed by atoms with van der Waals surface area (Å²) in [5.41, 5.74) is 0.692. The van der Waals surface area contributed by atoms with Gasteiger partial charge in [0.05, 0.1) is 5.69 Å². The molecule has 0 N–H and O–H groups in total. The molecule has 1 aliphatic rings. The van der Waals surface area contributed by atoms with Gasteiger partial charge in [-0.15, -0.1) is 10.2 Å². The standard InChI is InChI=1S/C15H19FN4S/c1-11(2)14-17-18-15(21-14)20-9-7-19(8-10-20)13-6-4-3-5-12(13)16/h3-6,11H,7-10H2,1-2H3. The van der Waals surface area contributed by atoms with Crippen molar-refractivity contribution < 1.29 is 4.39 Å². The molecule has 2 heterocycles. The number of aromatic nitrogens is 2. The van der Waals surface area contributed by atoms with Crippen molar-refractivity contribution in [2.24, 2.45) is 0 Å². The highest BCUT2D eigenvalue weighted by molar-refractivity contribution is 7.15. The van der Waals surface area contributed by atoms with E-state index in [1.807, 2.05) is 12.1 Å². The molecule has 4 nitrogen and oxygen atoms in total. The van der Waals surface area contributed by atoms with Gasteiger partial charge in [-0.3, -0.25) is 0 Å². The summed E-state index contributed by atoms with van der Waals surface area (Å²) in [6, 6.07) is 6.96. The Morgan fingerprint density at radius 1 is 1.05 bits per heavy atom. The van der Waals surface area contributed by atoms with Crippen LogP contribution >= 0.6 is 11.3 Å². The van der Waals surface area contributed by atoms with Crippen molar-refractivity contribution in [3.8, 4) is 0 Å². The number of piperazine rings is 1. The molecule has 0 atom stereocenters. The average molecular weight is 306 g/mol. The molecular formula is C15H19FN4S. The van der Waals surface area contributed by atoms with E-state index in [2.05, 4.69) is 33.8 Å². The van der Waals surface area contributed by atoms with E-state index in [1.54, 1.807) is 17.4 Å². The zero-order valence-electron chi connectivity index (χ0n) is 12.3. The van der Waals surface area contributed by atoms with Gasteiger partial charge in [0, 0.05) is 32.1 Å². The Labute approximate surface area is 128 Å². The van der Waals surface area contributed by atoms with Gasteiger partial charge in [-0.1, -0.05) is 37.3 Å². The van der Waals surface area contributed by atoms with Crippen molar-refractivity contribution in [2.75, 3.05) is 36.0 Å². The van der Waals surface area contributed by atoms with E-state index in [-0.39, 0.29) is 5.82 Å². The van der Waals surface area contributed by atoms with Gasteiger partial charge in [0.15, 0.2) is 0 Å². The molecular weight excluding hydrogens is 287 g/mol. The van der Waals surface area contributed by atoms with Gasteiger partial charge in [-0.05, 0) is 12.1 Å². The summed E-state index contributed by atoms with van der Waals surface area (Å²) < 4.78 is 13.8. The van der Waals surface area contributed by atoms with Gasteiger partial charge in [0.2, 0.25) is 5.13 Å². The third-order valence-corrected chi connectivity index (χ3v) is 4.95. The second-order valence-corrected chi connectivity index (χ2v) is 6.49. The maximum Gasteiger partial charge on any atom is 0.208 e. The highest BCUT2D eigenvalue weighted by Gasteiger charge is 2.22. The van der Waals surface area contributed by atoms with Gasteiger partial charge >= 0.3 is 0 Å². The van der Waals surface area contributed by atoms with Crippen molar-refractivity contribution in [3.05, 3.63) is 35.1 Å². The van der Waals surface area contributed by atoms with Crippen LogP contribution in [0.1, 0.15) is 24.8 Å². The van der Waals surface area contributed by atoms with Crippen molar-refractivity contribution in [1.82, 2.24) is 10.2 Å². The predicted molar refractivity (Wildman–Crippen MR) is 84.8 cm³/mol. The number of anilines is 2. The van der Waals surface area contributed by atoms with E-state index < -0.39 is 0 Å². The minimum atomic E-state index is -0.149. The Kier molecular flexibility index (Phi) is 4.05. The second-order valence-electron chi connectivity index (χ2n) is 5.50. The van der Waals surface area contributed by atoms with Crippen LogP contribution in [0, 0.1) is 5.82 Å². The van der Waals surface area contributed by atoms with Gasteiger partial charge in [0.25, 0.3) is 0 Å². The minimum absolute atomic E-state index is 0.149. The molecule has 0 amide bonds. The number of hydrogen-bond donors (Lipinski definition) is 0. The summed E-state index contributed by atoms with van der Waals surface area (Å²) >= 11 is 1.66. The molecule has 0 aliphatic carbocycles. The van der Waals surface area contributed by atoms with Crippen molar-refractivity contribution >= 4 is 22.2 Å². The molecule has 0 radical (unpaired) electrons. The molecule has 1 aromatic carbocycles. The van der Waals surface area contributed by atoms with Crippen molar-refractivity contribution in [1.29, 1.82) is 0 Å². The average Bonchev–Trinajstić information content (AvgIpc) is 2.98. The fourth-order valence-electron chi connectivity index (χ4n) is 2.43. The van der Waals surface area contributed by atoms with Crippen LogP contribution in [0.15, 0.2) is 24.3 Å². The minimum Gasteiger partial charge on any atom is -0.366 e. The van der Waals surface area contributed by atoms with E-state index in [4.69, 9.17) is 0 Å². The zero-order valence-corrected chi connectivity index (χ0v) is 13.1. The van der Waals surface area contributed by atoms with E-state index in [9.17, 15) is 4.39 Å². The second kappa shape index (κ2) is 5.97. The van der Waals surface area contributed by atoms with E-state index in [0.29, 0.717) is 11.6 Å². The molecule has 6 heteroatoms. The third-order valence-electron chi connectivity index (χ3n) is 3.67. The Balaban J connectivity index is 1.66. The molecule has 0 unspecified atom stereocenters. The molecule has 3 rings (SSSR count). The molecule has 1 aromatic heterocycles. The number of hydrogen-bond acceptors (Lipinski definition) is 5. The van der Waals surface area contributed by atoms with Gasteiger partial charge < -0.3 is 9.80 Å². The SMILES string of the molecule is CC(C)c1nnc(N2CCN(c3ccccc3F)CC2)s1. The van der Waals surface area contributed by atoms with Gasteiger partial charge in [-0.2, -0.15) is 0 Å². The molecule has 112 valence electrons. The third kappa shape index (κ3) is 3.00. The lowest BCUT2D eigenvalue weighted by atomic mass is 10.2. The Morgan fingerprint density at radius 3 is 2.33 bits per heavy atom.